The second-order valence-electron chi connectivity index (χ2n) is 1.90. The van der Waals surface area contributed by atoms with Gasteiger partial charge in [0, 0.05) is 4.47 Å². The average molecular weight is 300 g/mol. The summed E-state index contributed by atoms with van der Waals surface area (Å²) in [5.74, 6) is 0.726. The molecule has 4 heteroatoms. The van der Waals surface area contributed by atoms with E-state index in [2.05, 4.69) is 31.9 Å². The Labute approximate surface area is 86.9 Å². The van der Waals surface area contributed by atoms with Gasteiger partial charge in [-0.2, -0.15) is 0 Å². The number of halogens is 3. The predicted octanol–water partition coefficient (Wildman–Crippen LogP) is 3.87. The molecule has 0 saturated heterocycles. The lowest BCUT2D eigenvalue weighted by Gasteiger charge is -2.04. The molecule has 0 heterocycles. The summed E-state index contributed by atoms with van der Waals surface area (Å²) in [7, 11) is 1.60. The maximum Gasteiger partial charge on any atom is 0.135 e. The molecule has 0 radical (unpaired) electrons. The summed E-state index contributed by atoms with van der Waals surface area (Å²) < 4.78 is 6.73. The Morgan fingerprint density at radius 1 is 1.36 bits per heavy atom. The van der Waals surface area contributed by atoms with Gasteiger partial charge in [-0.15, -0.1) is 0 Å². The lowest BCUT2D eigenvalue weighted by Crippen LogP contribution is -1.84. The highest BCUT2D eigenvalue weighted by Gasteiger charge is 2.05. The van der Waals surface area contributed by atoms with E-state index in [0.29, 0.717) is 5.02 Å². The molecule has 1 nitrogen and oxygen atoms in total. The van der Waals surface area contributed by atoms with Crippen LogP contribution in [0.3, 0.4) is 0 Å². The van der Waals surface area contributed by atoms with Crippen molar-refractivity contribution < 1.29 is 4.74 Å². The molecule has 0 fully saturated rings. The third-order valence-corrected chi connectivity index (χ3v) is 2.98. The lowest BCUT2D eigenvalue weighted by molar-refractivity contribution is 0.412. The Kier molecular flexibility index (Phi) is 3.22. The van der Waals surface area contributed by atoms with Crippen molar-refractivity contribution in [3.05, 3.63) is 26.1 Å². The highest BCUT2D eigenvalue weighted by Crippen LogP contribution is 2.35. The first-order valence-electron chi connectivity index (χ1n) is 2.83. The largest absolute Gasteiger partial charge is 0.495 e. The molecule has 1 rings (SSSR count). The molecular formula is C7H5Br2ClO. The van der Waals surface area contributed by atoms with Gasteiger partial charge in [0.1, 0.15) is 5.75 Å². The van der Waals surface area contributed by atoms with E-state index in [-0.39, 0.29) is 0 Å². The van der Waals surface area contributed by atoms with Crippen LogP contribution in [-0.2, 0) is 0 Å². The molecule has 0 aromatic heterocycles. The number of hydrogen-bond acceptors (Lipinski definition) is 1. The maximum absolute atomic E-state index is 5.84. The molecule has 0 unspecified atom stereocenters. The van der Waals surface area contributed by atoms with Gasteiger partial charge in [-0.05, 0) is 28.1 Å². The van der Waals surface area contributed by atoms with Gasteiger partial charge in [-0.1, -0.05) is 27.5 Å². The summed E-state index contributed by atoms with van der Waals surface area (Å²) in [5, 5.41) is 0.635. The van der Waals surface area contributed by atoms with Crippen LogP contribution in [0.4, 0.5) is 0 Å². The molecule has 0 aliphatic carbocycles. The molecule has 0 bridgehead atoms. The van der Waals surface area contributed by atoms with Crippen molar-refractivity contribution in [3.8, 4) is 5.75 Å². The van der Waals surface area contributed by atoms with E-state index in [1.165, 1.54) is 0 Å². The second kappa shape index (κ2) is 3.78. The molecule has 0 amide bonds. The fraction of sp³-hybridized carbons (Fsp3) is 0.143. The summed E-state index contributed by atoms with van der Waals surface area (Å²) in [6, 6.07) is 3.64. The van der Waals surface area contributed by atoms with E-state index in [1.807, 2.05) is 6.07 Å². The van der Waals surface area contributed by atoms with Gasteiger partial charge in [-0.25, -0.2) is 0 Å². The highest BCUT2D eigenvalue weighted by molar-refractivity contribution is 9.11. The zero-order valence-corrected chi connectivity index (χ0v) is 9.62. The molecule has 0 saturated carbocycles. The lowest BCUT2D eigenvalue weighted by atomic mass is 10.3. The first kappa shape index (κ1) is 9.36. The van der Waals surface area contributed by atoms with Gasteiger partial charge >= 0.3 is 0 Å². The fourth-order valence-corrected chi connectivity index (χ4v) is 1.85. The molecule has 11 heavy (non-hydrogen) atoms. The number of ether oxygens (including phenoxy) is 1. The van der Waals surface area contributed by atoms with Crippen LogP contribution >= 0.6 is 43.5 Å². The van der Waals surface area contributed by atoms with Gasteiger partial charge in [-0.3, -0.25) is 0 Å². The maximum atomic E-state index is 5.84. The zero-order chi connectivity index (χ0) is 8.43. The van der Waals surface area contributed by atoms with Crippen LogP contribution in [-0.4, -0.2) is 7.11 Å². The van der Waals surface area contributed by atoms with Crippen LogP contribution in [0.5, 0.6) is 5.75 Å². The van der Waals surface area contributed by atoms with Gasteiger partial charge in [0.15, 0.2) is 0 Å². The summed E-state index contributed by atoms with van der Waals surface area (Å²) in [4.78, 5) is 0. The smallest absolute Gasteiger partial charge is 0.135 e. The van der Waals surface area contributed by atoms with Gasteiger partial charge in [0.05, 0.1) is 16.6 Å². The average Bonchev–Trinajstić information content (AvgIpc) is 1.96. The van der Waals surface area contributed by atoms with E-state index < -0.39 is 0 Å². The molecular weight excluding hydrogens is 295 g/mol. The molecule has 60 valence electrons. The van der Waals surface area contributed by atoms with Crippen LogP contribution in [0.15, 0.2) is 21.1 Å². The molecule has 0 atom stereocenters. The minimum Gasteiger partial charge on any atom is -0.495 e. The molecule has 0 aliphatic heterocycles. The molecule has 1 aromatic carbocycles. The molecule has 0 aliphatic rings. The third-order valence-electron chi connectivity index (χ3n) is 1.18. The number of hydrogen-bond donors (Lipinski definition) is 0. The molecule has 0 N–H and O–H groups in total. The zero-order valence-electron chi connectivity index (χ0n) is 5.70. The monoisotopic (exact) mass is 298 g/mol. The van der Waals surface area contributed by atoms with Crippen molar-refractivity contribution in [2.24, 2.45) is 0 Å². The van der Waals surface area contributed by atoms with E-state index in [4.69, 9.17) is 16.3 Å². The Hall–Kier alpha value is 0.270. The SMILES string of the molecule is COc1cc(Br)cc(Cl)c1Br. The standard InChI is InChI=1S/C7H5Br2ClO/c1-11-6-3-4(8)2-5(10)7(6)9/h2-3H,1H3. The molecule has 1 aromatic rings. The normalized spacial score (nSPS) is 9.82. The van der Waals surface area contributed by atoms with Crippen LogP contribution in [0.2, 0.25) is 5.02 Å². The van der Waals surface area contributed by atoms with Crippen molar-refractivity contribution in [1.82, 2.24) is 0 Å². The van der Waals surface area contributed by atoms with Gasteiger partial charge < -0.3 is 4.74 Å². The topological polar surface area (TPSA) is 9.23 Å². The van der Waals surface area contributed by atoms with Gasteiger partial charge in [0.2, 0.25) is 0 Å². The van der Waals surface area contributed by atoms with Gasteiger partial charge in [0.25, 0.3) is 0 Å². The van der Waals surface area contributed by atoms with Crippen molar-refractivity contribution in [2.75, 3.05) is 7.11 Å². The first-order valence-corrected chi connectivity index (χ1v) is 4.80. The number of rotatable bonds is 1. The van der Waals surface area contributed by atoms with Crippen LogP contribution in [0.25, 0.3) is 0 Å². The second-order valence-corrected chi connectivity index (χ2v) is 4.02. The van der Waals surface area contributed by atoms with Crippen LogP contribution in [0.1, 0.15) is 0 Å². The summed E-state index contributed by atoms with van der Waals surface area (Å²) in [6.45, 7) is 0. The Bertz CT molecular complexity index is 275. The Morgan fingerprint density at radius 3 is 2.55 bits per heavy atom. The Morgan fingerprint density at radius 2 is 2.00 bits per heavy atom. The summed E-state index contributed by atoms with van der Waals surface area (Å²) >= 11 is 12.4. The van der Waals surface area contributed by atoms with Crippen LogP contribution in [0, 0.1) is 0 Å². The Balaban J connectivity index is 3.24. The van der Waals surface area contributed by atoms with Crippen LogP contribution < -0.4 is 4.74 Å². The fourth-order valence-electron chi connectivity index (χ4n) is 0.681. The van der Waals surface area contributed by atoms with Crippen molar-refractivity contribution in [3.63, 3.8) is 0 Å². The minimum absolute atomic E-state index is 0.635. The summed E-state index contributed by atoms with van der Waals surface area (Å²) in [5.41, 5.74) is 0. The first-order chi connectivity index (χ1) is 5.15. The third kappa shape index (κ3) is 2.10. The highest BCUT2D eigenvalue weighted by atomic mass is 79.9. The number of benzene rings is 1. The van der Waals surface area contributed by atoms with Crippen molar-refractivity contribution in [2.45, 2.75) is 0 Å². The van der Waals surface area contributed by atoms with E-state index in [1.54, 1.807) is 13.2 Å². The van der Waals surface area contributed by atoms with E-state index >= 15 is 0 Å². The van der Waals surface area contributed by atoms with Crippen molar-refractivity contribution in [1.29, 1.82) is 0 Å². The van der Waals surface area contributed by atoms with Crippen molar-refractivity contribution >= 4 is 43.5 Å². The quantitative estimate of drug-likeness (QED) is 0.715. The number of methoxy groups -OCH3 is 1. The predicted molar refractivity (Wildman–Crippen MR) is 53.4 cm³/mol. The summed E-state index contributed by atoms with van der Waals surface area (Å²) in [6.07, 6.45) is 0. The molecule has 0 spiro atoms. The van der Waals surface area contributed by atoms with E-state index in [9.17, 15) is 0 Å². The van der Waals surface area contributed by atoms with E-state index in [0.717, 1.165) is 14.7 Å². The minimum atomic E-state index is 0.635.